The maximum atomic E-state index is 8.70. The second kappa shape index (κ2) is 12.1. The Kier molecular flexibility index (Phi) is 7.57. The van der Waals surface area contributed by atoms with Crippen LogP contribution in [0.5, 0.6) is 0 Å². The molecular weight excluding hydrogens is 564 g/mol. The first-order valence-electron chi connectivity index (χ1n) is 15.3. The monoisotopic (exact) mass is 598 g/mol. The fraction of sp³-hybridized carbons (Fsp3) is 0.0488. The highest BCUT2D eigenvalue weighted by Gasteiger charge is 2.13. The molecule has 0 saturated heterocycles. The third kappa shape index (κ3) is 5.62. The molecule has 46 heavy (non-hydrogen) atoms. The summed E-state index contributed by atoms with van der Waals surface area (Å²) in [5.74, 6) is 0. The van der Waals surface area contributed by atoms with Gasteiger partial charge in [-0.05, 0) is 94.3 Å². The van der Waals surface area contributed by atoms with E-state index >= 15 is 0 Å². The molecule has 0 atom stereocenters. The Balaban J connectivity index is 1.11. The van der Waals surface area contributed by atoms with Crippen LogP contribution in [-0.2, 0) is 0 Å². The van der Waals surface area contributed by atoms with Gasteiger partial charge in [-0.1, -0.05) is 97.6 Å². The predicted octanol–water partition coefficient (Wildman–Crippen LogP) is 10.3. The lowest BCUT2D eigenvalue weighted by Gasteiger charge is -2.11. The predicted molar refractivity (Wildman–Crippen MR) is 195 cm³/mol. The zero-order chi connectivity index (χ0) is 31.6. The molecule has 7 rings (SSSR count). The van der Waals surface area contributed by atoms with Crippen LogP contribution in [0.25, 0.3) is 50.4 Å². The van der Waals surface area contributed by atoms with Gasteiger partial charge in [-0.2, -0.15) is 0 Å². The van der Waals surface area contributed by atoms with E-state index in [1.807, 2.05) is 72.8 Å². The highest BCUT2D eigenvalue weighted by molar-refractivity contribution is 6.11. The van der Waals surface area contributed by atoms with E-state index in [1.165, 1.54) is 11.1 Å². The second-order valence-electron chi connectivity index (χ2n) is 11.5. The van der Waals surface area contributed by atoms with Crippen molar-refractivity contribution in [1.82, 2.24) is 0 Å². The van der Waals surface area contributed by atoms with Gasteiger partial charge in [0.05, 0.1) is 11.4 Å². The summed E-state index contributed by atoms with van der Waals surface area (Å²) in [5, 5.41) is 14.3. The van der Waals surface area contributed by atoms with Gasteiger partial charge in [0.1, 0.15) is 5.58 Å². The van der Waals surface area contributed by atoms with Gasteiger partial charge in [0, 0.05) is 27.8 Å². The molecule has 0 spiro atoms. The van der Waals surface area contributed by atoms with E-state index in [0.717, 1.165) is 74.0 Å². The molecule has 0 saturated carbocycles. The molecule has 224 valence electrons. The van der Waals surface area contributed by atoms with Crippen LogP contribution in [0.15, 0.2) is 138 Å². The first-order valence-corrected chi connectivity index (χ1v) is 15.3. The molecule has 5 nitrogen and oxygen atoms in total. The number of nitrogen functional groups attached to an aromatic ring is 1. The lowest BCUT2D eigenvalue weighted by Crippen LogP contribution is -2.02. The van der Waals surface area contributed by atoms with Gasteiger partial charge in [-0.3, -0.25) is 0 Å². The molecule has 0 fully saturated rings. The van der Waals surface area contributed by atoms with Gasteiger partial charge < -0.3 is 26.6 Å². The van der Waals surface area contributed by atoms with Crippen LogP contribution in [0.4, 0.5) is 17.1 Å². The number of fused-ring (bicyclic) bond motifs is 3. The summed E-state index contributed by atoms with van der Waals surface area (Å²) >= 11 is 0. The molecule has 5 heteroatoms. The fourth-order valence-electron chi connectivity index (χ4n) is 5.93. The summed E-state index contributed by atoms with van der Waals surface area (Å²) < 4.78 is 6.34. The van der Waals surface area contributed by atoms with Crippen LogP contribution >= 0.6 is 0 Å². The smallest absolute Gasteiger partial charge is 0.158 e. The Labute approximate surface area is 268 Å². The number of anilines is 3. The maximum absolute atomic E-state index is 8.70. The van der Waals surface area contributed by atoms with Crippen molar-refractivity contribution >= 4 is 62.1 Å². The Bertz CT molecular complexity index is 2210. The zero-order valence-electron chi connectivity index (χ0n) is 25.4. The normalized spacial score (nSPS) is 13.1. The van der Waals surface area contributed by atoms with Gasteiger partial charge in [0.15, 0.2) is 5.58 Å². The largest absolute Gasteiger partial charge is 0.454 e. The van der Waals surface area contributed by atoms with Crippen molar-refractivity contribution in [3.05, 3.63) is 156 Å². The van der Waals surface area contributed by atoms with E-state index in [4.69, 9.17) is 21.3 Å². The average Bonchev–Trinajstić information content (AvgIpc) is 3.48. The SMILES string of the molecule is C=Cc1cc(N)ccc1Nc1cccc2c1oc1ccc(-c3ccc(C(=N)/C=C(\N)c4ccc(C5=CCCC=C5)cc4)cc3)cc12. The third-order valence-corrected chi connectivity index (χ3v) is 8.44. The van der Waals surface area contributed by atoms with E-state index < -0.39 is 0 Å². The molecule has 6 N–H and O–H groups in total. The van der Waals surface area contributed by atoms with Crippen molar-refractivity contribution in [3.63, 3.8) is 0 Å². The van der Waals surface area contributed by atoms with Gasteiger partial charge in [0.2, 0.25) is 0 Å². The van der Waals surface area contributed by atoms with Gasteiger partial charge >= 0.3 is 0 Å². The molecule has 0 unspecified atom stereocenters. The topological polar surface area (TPSA) is 101 Å². The molecule has 0 bridgehead atoms. The number of allylic oxidation sites excluding steroid dienone is 5. The number of hydrogen-bond donors (Lipinski definition) is 4. The van der Waals surface area contributed by atoms with Crippen molar-refractivity contribution in [1.29, 1.82) is 5.41 Å². The number of nitrogens with one attached hydrogen (secondary N) is 2. The van der Waals surface area contributed by atoms with Crippen molar-refractivity contribution in [2.45, 2.75) is 12.8 Å². The average molecular weight is 599 g/mol. The first kappa shape index (κ1) is 28.7. The molecule has 1 aliphatic carbocycles. The minimum Gasteiger partial charge on any atom is -0.454 e. The molecule has 0 aliphatic heterocycles. The van der Waals surface area contributed by atoms with Crippen LogP contribution in [0.2, 0.25) is 0 Å². The summed E-state index contributed by atoms with van der Waals surface area (Å²) in [6.07, 6.45) is 12.3. The summed E-state index contributed by atoms with van der Waals surface area (Å²) in [7, 11) is 0. The van der Waals surface area contributed by atoms with E-state index in [0.29, 0.717) is 17.1 Å². The summed E-state index contributed by atoms with van der Waals surface area (Å²) in [6.45, 7) is 3.92. The molecule has 6 aromatic rings. The Morgan fingerprint density at radius 3 is 2.30 bits per heavy atom. The third-order valence-electron chi connectivity index (χ3n) is 8.44. The number of nitrogens with two attached hydrogens (primary N) is 2. The Morgan fingerprint density at radius 1 is 0.783 bits per heavy atom. The zero-order valence-corrected chi connectivity index (χ0v) is 25.4. The molecule has 1 aromatic heterocycles. The van der Waals surface area contributed by atoms with Crippen molar-refractivity contribution < 1.29 is 4.42 Å². The summed E-state index contributed by atoms with van der Waals surface area (Å²) in [4.78, 5) is 0. The molecule has 1 heterocycles. The first-order chi connectivity index (χ1) is 22.5. The highest BCUT2D eigenvalue weighted by Crippen LogP contribution is 2.37. The van der Waals surface area contributed by atoms with Crippen LogP contribution in [0.1, 0.15) is 35.1 Å². The Hall–Kier alpha value is -6.07. The van der Waals surface area contributed by atoms with Gasteiger partial charge in [-0.15, -0.1) is 0 Å². The molecule has 0 amide bonds. The second-order valence-corrected chi connectivity index (χ2v) is 11.5. The van der Waals surface area contributed by atoms with Crippen molar-refractivity contribution in [2.75, 3.05) is 11.1 Å². The van der Waals surface area contributed by atoms with Crippen molar-refractivity contribution in [2.24, 2.45) is 5.73 Å². The number of furan rings is 1. The number of rotatable bonds is 8. The van der Waals surface area contributed by atoms with Crippen molar-refractivity contribution in [3.8, 4) is 11.1 Å². The summed E-state index contributed by atoms with van der Waals surface area (Å²) in [6, 6.07) is 34.3. The minimum atomic E-state index is 0.364. The molecule has 1 aliphatic rings. The number of benzene rings is 5. The molecular formula is C41H34N4O. The standard InChI is InChI=1S/C41H34N4O/c1-2-26-23-33(42)20-21-38(26)45-39-10-6-9-34-35-24-32(19-22-40(35)46-41(34)39)29-13-17-31(18-14-29)37(44)25-36(43)30-15-11-28(12-16-30)27-7-4-3-5-8-27/h2,4,6-25,44-45H,1,3,5,42-43H2/b36-25-,44-37?. The van der Waals surface area contributed by atoms with Gasteiger partial charge in [-0.25, -0.2) is 0 Å². The summed E-state index contributed by atoms with van der Waals surface area (Å²) in [5.41, 5.74) is 24.5. The fourth-order valence-corrected chi connectivity index (χ4v) is 5.93. The van der Waals surface area contributed by atoms with Crippen LogP contribution in [0, 0.1) is 5.41 Å². The lowest BCUT2D eigenvalue weighted by molar-refractivity contribution is 0.670. The van der Waals surface area contributed by atoms with Crippen LogP contribution in [0.3, 0.4) is 0 Å². The minimum absolute atomic E-state index is 0.364. The van der Waals surface area contributed by atoms with E-state index in [-0.39, 0.29) is 0 Å². The lowest BCUT2D eigenvalue weighted by atomic mass is 9.97. The highest BCUT2D eigenvalue weighted by atomic mass is 16.3. The van der Waals surface area contributed by atoms with E-state index in [1.54, 1.807) is 12.2 Å². The number of para-hydroxylation sites is 1. The van der Waals surface area contributed by atoms with Crippen LogP contribution < -0.4 is 16.8 Å². The number of hydrogen-bond acceptors (Lipinski definition) is 5. The quantitative estimate of drug-likeness (QED) is 0.103. The molecule has 5 aromatic carbocycles. The van der Waals surface area contributed by atoms with E-state index in [2.05, 4.69) is 60.5 Å². The van der Waals surface area contributed by atoms with Crippen LogP contribution in [-0.4, -0.2) is 5.71 Å². The van der Waals surface area contributed by atoms with E-state index in [9.17, 15) is 0 Å². The Morgan fingerprint density at radius 2 is 1.54 bits per heavy atom. The maximum Gasteiger partial charge on any atom is 0.158 e. The molecule has 0 radical (unpaired) electrons. The van der Waals surface area contributed by atoms with Gasteiger partial charge in [0.25, 0.3) is 0 Å².